The number of hydrogen-bond donors (Lipinski definition) is 5. The fourth-order valence-electron chi connectivity index (χ4n) is 7.10. The number of imidazole rings is 1. The average Bonchev–Trinajstić information content (AvgIpc) is 3.33. The Morgan fingerprint density at radius 3 is 2.89 bits per heavy atom. The van der Waals surface area contributed by atoms with Crippen LogP contribution < -0.4 is 17.0 Å². The molecule has 8 rings (SSSR count). The summed E-state index contributed by atoms with van der Waals surface area (Å²) in [4.78, 5) is 42.8. The van der Waals surface area contributed by atoms with Gasteiger partial charge in [-0.05, 0) is 28.4 Å². The van der Waals surface area contributed by atoms with Gasteiger partial charge in [-0.15, -0.1) is 4.52 Å². The van der Waals surface area contributed by atoms with E-state index in [-0.39, 0.29) is 41.9 Å². The highest BCUT2D eigenvalue weighted by Crippen LogP contribution is 2.74. The van der Waals surface area contributed by atoms with E-state index in [0.717, 1.165) is 11.5 Å². The third-order valence-corrected chi connectivity index (χ3v) is 12.7. The Morgan fingerprint density at radius 1 is 1.27 bits per heavy atom. The van der Waals surface area contributed by atoms with Crippen molar-refractivity contribution in [3.05, 3.63) is 27.9 Å². The van der Waals surface area contributed by atoms with Crippen LogP contribution in [0.1, 0.15) is 23.4 Å². The van der Waals surface area contributed by atoms with Crippen molar-refractivity contribution in [3.63, 3.8) is 0 Å². The standard InChI is InChI=1S/C23H25N9O10P2S/c1-38-14-8-3-39-43(35)18-13(33)12(32-6-28-11-19(24)26-5-27-20(11)32)7-2-23(7,18)4-40-44(36,37)42-15(14)16(41-8)17-9-10(31-45-17)21(34)30-22(25)29-9/h5-8,12-16,18,33H,2-4H2,1H3,(H5-,24,25,26,27,29,30,34,36,37)/p+1/t7-,8-,12-,13+,14-,15-,16-,18+,23?/m1/s1. The van der Waals surface area contributed by atoms with Crippen LogP contribution in [0.25, 0.3) is 22.2 Å². The van der Waals surface area contributed by atoms with Crippen LogP contribution in [0, 0.1) is 11.3 Å². The number of nitrogens with one attached hydrogen (secondary N) is 1. The van der Waals surface area contributed by atoms with Crippen LogP contribution in [0.2, 0.25) is 0 Å². The zero-order chi connectivity index (χ0) is 31.4. The predicted octanol–water partition coefficient (Wildman–Crippen LogP) is 0.404. The molecule has 2 saturated heterocycles. The molecule has 238 valence electrons. The molecule has 0 amide bonds. The van der Waals surface area contributed by atoms with Crippen LogP contribution in [0.3, 0.4) is 0 Å². The molecule has 3 unspecified atom stereocenters. The van der Waals surface area contributed by atoms with Crippen molar-refractivity contribution >= 4 is 61.3 Å². The number of phosphoric ester groups is 1. The Hall–Kier alpha value is -3.03. The summed E-state index contributed by atoms with van der Waals surface area (Å²) in [7, 11) is -6.09. The van der Waals surface area contributed by atoms with E-state index in [1.54, 1.807) is 4.57 Å². The van der Waals surface area contributed by atoms with E-state index in [9.17, 15) is 23.9 Å². The first-order chi connectivity index (χ1) is 21.5. The highest BCUT2D eigenvalue weighted by molar-refractivity contribution is 7.47. The van der Waals surface area contributed by atoms with Crippen LogP contribution in [-0.2, 0) is 32.2 Å². The molecule has 2 aliphatic carbocycles. The quantitative estimate of drug-likeness (QED) is 0.183. The number of nitrogens with two attached hydrogens (primary N) is 2. The Balaban J connectivity index is 1.14. The largest absolute Gasteiger partial charge is 0.514 e. The van der Waals surface area contributed by atoms with Gasteiger partial charge < -0.3 is 35.5 Å². The van der Waals surface area contributed by atoms with E-state index in [4.69, 9.17) is 34.5 Å². The van der Waals surface area contributed by atoms with E-state index >= 15 is 0 Å². The lowest BCUT2D eigenvalue weighted by Gasteiger charge is -2.26. The topological polar surface area (TPSA) is 275 Å². The molecule has 11 atom stereocenters. The number of H-pyrrole nitrogens is 1. The van der Waals surface area contributed by atoms with Crippen molar-refractivity contribution in [2.75, 3.05) is 31.8 Å². The number of nitrogens with zero attached hydrogens (tertiary/aromatic N) is 6. The molecule has 4 aliphatic rings. The van der Waals surface area contributed by atoms with Crippen LogP contribution in [0.5, 0.6) is 0 Å². The number of phosphoric acid groups is 1. The Labute approximate surface area is 256 Å². The number of rotatable bonds is 3. The third-order valence-electron chi connectivity index (χ3n) is 9.13. The molecular formula is C23H26N9O10P2S+. The molecular weight excluding hydrogens is 656 g/mol. The van der Waals surface area contributed by atoms with Gasteiger partial charge >= 0.3 is 15.9 Å². The van der Waals surface area contributed by atoms with Gasteiger partial charge in [0.25, 0.3) is 5.56 Å². The molecule has 4 aromatic rings. The molecule has 6 heterocycles. The summed E-state index contributed by atoms with van der Waals surface area (Å²) in [5.74, 6) is -0.326. The number of methoxy groups -OCH3 is 1. The summed E-state index contributed by atoms with van der Waals surface area (Å²) < 4.78 is 62.3. The van der Waals surface area contributed by atoms with Gasteiger partial charge in [-0.1, -0.05) is 0 Å². The minimum atomic E-state index is -4.85. The van der Waals surface area contributed by atoms with Crippen LogP contribution in [-0.4, -0.2) is 94.3 Å². The molecule has 45 heavy (non-hydrogen) atoms. The minimum absolute atomic E-state index is 0.000272. The number of anilines is 2. The number of aromatic nitrogens is 7. The number of aliphatic hydroxyl groups is 1. The van der Waals surface area contributed by atoms with Crippen molar-refractivity contribution in [2.45, 2.75) is 48.6 Å². The molecule has 2 bridgehead atoms. The highest BCUT2D eigenvalue weighted by atomic mass is 32.1. The van der Waals surface area contributed by atoms with Crippen molar-refractivity contribution in [2.24, 2.45) is 11.3 Å². The van der Waals surface area contributed by atoms with Gasteiger partial charge in [0.1, 0.15) is 54.5 Å². The maximum atomic E-state index is 13.9. The molecule has 0 radical (unpaired) electrons. The number of aromatic amines is 1. The molecule has 4 fully saturated rings. The monoisotopic (exact) mass is 682 g/mol. The van der Waals surface area contributed by atoms with Crippen LogP contribution in [0.15, 0.2) is 17.4 Å². The first-order valence-corrected chi connectivity index (χ1v) is 17.2. The van der Waals surface area contributed by atoms with E-state index < -0.39 is 69.0 Å². The summed E-state index contributed by atoms with van der Waals surface area (Å²) in [6.45, 7) is -0.645. The van der Waals surface area contributed by atoms with Crippen molar-refractivity contribution in [3.8, 4) is 0 Å². The SMILES string of the molecule is CO[C@H]1[C@H]2OP(=O)(O)OCC34C[C@@H]3[C@@H](n3cnc5c(N)ncnc53)[C@H](O)[C@@H]4[P+](=O)OC[C@H]1O[C@H]2c1snc2c(=O)[nH]c(N)nc12. The number of nitrogen functional groups attached to an aromatic ring is 2. The smallest absolute Gasteiger partial charge is 0.386 e. The van der Waals surface area contributed by atoms with E-state index in [1.807, 2.05) is 0 Å². The molecule has 2 saturated carbocycles. The van der Waals surface area contributed by atoms with E-state index in [1.165, 1.54) is 19.8 Å². The lowest BCUT2D eigenvalue weighted by Crippen LogP contribution is -2.38. The van der Waals surface area contributed by atoms with Gasteiger partial charge in [-0.3, -0.25) is 18.8 Å². The van der Waals surface area contributed by atoms with Gasteiger partial charge in [0.05, 0.1) is 29.3 Å². The summed E-state index contributed by atoms with van der Waals surface area (Å²) in [5, 5.41) is 11.6. The fourth-order valence-corrected chi connectivity index (χ4v) is 10.7. The lowest BCUT2D eigenvalue weighted by atomic mass is 10.0. The maximum Gasteiger partial charge on any atom is 0.514 e. The van der Waals surface area contributed by atoms with Gasteiger partial charge in [-0.25, -0.2) is 24.5 Å². The molecule has 4 aromatic heterocycles. The highest BCUT2D eigenvalue weighted by Gasteiger charge is 2.79. The van der Waals surface area contributed by atoms with Crippen LogP contribution in [0.4, 0.5) is 11.8 Å². The third kappa shape index (κ3) is 4.40. The van der Waals surface area contributed by atoms with E-state index in [2.05, 4.69) is 29.3 Å². The molecule has 19 nitrogen and oxygen atoms in total. The number of aliphatic hydroxyl groups excluding tert-OH is 1. The number of ether oxygens (including phenoxy) is 2. The maximum absolute atomic E-state index is 13.9. The Morgan fingerprint density at radius 2 is 2.09 bits per heavy atom. The van der Waals surface area contributed by atoms with Gasteiger partial charge in [0, 0.05) is 7.11 Å². The second-order valence-corrected chi connectivity index (χ2v) is 15.0. The second kappa shape index (κ2) is 10.2. The summed E-state index contributed by atoms with van der Waals surface area (Å²) in [5.41, 5.74) is 10.0. The average molecular weight is 683 g/mol. The van der Waals surface area contributed by atoms with Crippen molar-refractivity contribution in [1.29, 1.82) is 0 Å². The number of fused-ring (bicyclic) bond motifs is 4. The van der Waals surface area contributed by atoms with Gasteiger partial charge in [-0.2, -0.15) is 4.37 Å². The zero-order valence-corrected chi connectivity index (χ0v) is 25.8. The summed E-state index contributed by atoms with van der Waals surface area (Å²) in [6, 6.07) is -0.656. The van der Waals surface area contributed by atoms with Crippen LogP contribution >= 0.6 is 27.4 Å². The zero-order valence-electron chi connectivity index (χ0n) is 23.2. The first-order valence-electron chi connectivity index (χ1n) is 13.7. The normalized spacial score (nSPS) is 39.0. The molecule has 2 aliphatic heterocycles. The lowest BCUT2D eigenvalue weighted by molar-refractivity contribution is -0.0320. The first kappa shape index (κ1) is 29.4. The van der Waals surface area contributed by atoms with Crippen molar-refractivity contribution in [1.82, 2.24) is 33.9 Å². The summed E-state index contributed by atoms with van der Waals surface area (Å²) >= 11 is 0.881. The molecule has 22 heteroatoms. The fraction of sp³-hybridized carbons (Fsp3) is 0.565. The van der Waals surface area contributed by atoms with Gasteiger partial charge in [0.15, 0.2) is 17.0 Å². The Kier molecular flexibility index (Phi) is 6.68. The van der Waals surface area contributed by atoms with E-state index in [0.29, 0.717) is 22.5 Å². The molecule has 1 spiro atoms. The number of hydrogen-bond acceptors (Lipinski definition) is 17. The molecule has 7 N–H and O–H groups in total. The summed E-state index contributed by atoms with van der Waals surface area (Å²) in [6.07, 6.45) is -2.40. The van der Waals surface area contributed by atoms with Crippen molar-refractivity contribution < 1.29 is 42.2 Å². The predicted molar refractivity (Wildman–Crippen MR) is 154 cm³/mol. The second-order valence-electron chi connectivity index (χ2n) is 11.4. The Bertz CT molecular complexity index is 1970. The molecule has 0 aromatic carbocycles. The minimum Gasteiger partial charge on any atom is -0.386 e. The van der Waals surface area contributed by atoms with Gasteiger partial charge in [0.2, 0.25) is 11.6 Å².